The zero-order chi connectivity index (χ0) is 19.0. The monoisotopic (exact) mass is 357 g/mol. The molecule has 4 nitrogen and oxygen atoms in total. The van der Waals surface area contributed by atoms with Crippen LogP contribution in [0.15, 0.2) is 66.7 Å². The molecule has 0 saturated carbocycles. The van der Waals surface area contributed by atoms with Gasteiger partial charge in [0.25, 0.3) is 0 Å². The first-order chi connectivity index (χ1) is 13.2. The molecule has 0 bridgehead atoms. The molecule has 4 aromatic carbocycles. The molecule has 0 saturated heterocycles. The van der Waals surface area contributed by atoms with Crippen LogP contribution in [0, 0.1) is 0 Å². The van der Waals surface area contributed by atoms with E-state index in [-0.39, 0.29) is 11.3 Å². The zero-order valence-corrected chi connectivity index (χ0v) is 15.1. The number of anilines is 1. The fraction of sp³-hybridized carbons (Fsp3) is 0.0870. The van der Waals surface area contributed by atoms with Crippen molar-refractivity contribution in [3.63, 3.8) is 0 Å². The highest BCUT2D eigenvalue weighted by Gasteiger charge is 2.22. The van der Waals surface area contributed by atoms with Crippen LogP contribution >= 0.6 is 0 Å². The molecule has 4 aromatic rings. The summed E-state index contributed by atoms with van der Waals surface area (Å²) in [6.07, 6.45) is 0. The summed E-state index contributed by atoms with van der Waals surface area (Å²) in [7, 11) is 3.16. The van der Waals surface area contributed by atoms with Crippen molar-refractivity contribution in [2.75, 3.05) is 19.5 Å². The van der Waals surface area contributed by atoms with Gasteiger partial charge in [0.2, 0.25) is 0 Å². The largest absolute Gasteiger partial charge is 0.506 e. The summed E-state index contributed by atoms with van der Waals surface area (Å²) in [5.74, 6) is -0.640. The Kier molecular flexibility index (Phi) is 4.16. The number of carbonyl (C=O) groups excluding carboxylic acids is 1. The maximum atomic E-state index is 12.3. The van der Waals surface area contributed by atoms with Gasteiger partial charge in [-0.15, -0.1) is 0 Å². The zero-order valence-electron chi connectivity index (χ0n) is 15.1. The third kappa shape index (κ3) is 2.66. The first kappa shape index (κ1) is 16.9. The standard InChI is InChI=1S/C23H19NO3/c1-24-19-12-11-14-7-3-5-9-16(14)20(19)21-17-10-6-4-8-15(17)13-18(22(21)25)23(26)27-2/h3-13,24-25H,1-2H3. The first-order valence-electron chi connectivity index (χ1n) is 8.68. The van der Waals surface area contributed by atoms with E-state index in [1.54, 1.807) is 6.07 Å². The number of aromatic hydroxyl groups is 1. The van der Waals surface area contributed by atoms with Gasteiger partial charge in [-0.3, -0.25) is 0 Å². The molecule has 4 heteroatoms. The predicted molar refractivity (Wildman–Crippen MR) is 109 cm³/mol. The van der Waals surface area contributed by atoms with E-state index in [1.807, 2.05) is 67.7 Å². The Morgan fingerprint density at radius 2 is 1.52 bits per heavy atom. The summed E-state index contributed by atoms with van der Waals surface area (Å²) in [6.45, 7) is 0. The van der Waals surface area contributed by atoms with Gasteiger partial charge in [-0.05, 0) is 33.7 Å². The topological polar surface area (TPSA) is 58.6 Å². The van der Waals surface area contributed by atoms with Crippen molar-refractivity contribution in [3.05, 3.63) is 72.3 Å². The van der Waals surface area contributed by atoms with E-state index in [1.165, 1.54) is 7.11 Å². The Labute approximate surface area is 157 Å². The van der Waals surface area contributed by atoms with E-state index in [2.05, 4.69) is 5.32 Å². The van der Waals surface area contributed by atoms with Crippen LogP contribution in [0.1, 0.15) is 10.4 Å². The molecule has 0 aliphatic rings. The van der Waals surface area contributed by atoms with Crippen molar-refractivity contribution in [1.82, 2.24) is 0 Å². The van der Waals surface area contributed by atoms with Gasteiger partial charge in [0, 0.05) is 23.9 Å². The number of benzene rings is 4. The summed E-state index contributed by atoms with van der Waals surface area (Å²) in [5.41, 5.74) is 2.50. The van der Waals surface area contributed by atoms with Gasteiger partial charge < -0.3 is 15.2 Å². The van der Waals surface area contributed by atoms with E-state index >= 15 is 0 Å². The normalized spacial score (nSPS) is 10.9. The summed E-state index contributed by atoms with van der Waals surface area (Å²) in [5, 5.41) is 18.1. The lowest BCUT2D eigenvalue weighted by atomic mass is 9.90. The number of ether oxygens (including phenoxy) is 1. The minimum absolute atomic E-state index is 0.0756. The number of hydrogen-bond donors (Lipinski definition) is 2. The van der Waals surface area contributed by atoms with E-state index < -0.39 is 5.97 Å². The molecule has 27 heavy (non-hydrogen) atoms. The van der Waals surface area contributed by atoms with Gasteiger partial charge in [-0.2, -0.15) is 0 Å². The average molecular weight is 357 g/mol. The Balaban J connectivity index is 2.21. The number of fused-ring (bicyclic) bond motifs is 2. The Morgan fingerprint density at radius 1 is 0.889 bits per heavy atom. The van der Waals surface area contributed by atoms with Crippen LogP contribution in [0.5, 0.6) is 5.75 Å². The molecule has 0 fully saturated rings. The molecule has 0 aromatic heterocycles. The Bertz CT molecular complexity index is 1180. The van der Waals surface area contributed by atoms with Crippen molar-refractivity contribution < 1.29 is 14.6 Å². The van der Waals surface area contributed by atoms with E-state index in [4.69, 9.17) is 4.74 Å². The van der Waals surface area contributed by atoms with Gasteiger partial charge >= 0.3 is 5.97 Å². The molecular formula is C23H19NO3. The molecule has 0 heterocycles. The number of carbonyl (C=O) groups is 1. The highest BCUT2D eigenvalue weighted by Crippen LogP contribution is 2.45. The SMILES string of the molecule is CNc1ccc2ccccc2c1-c1c(O)c(C(=O)OC)cc2ccccc12. The van der Waals surface area contributed by atoms with Crippen LogP contribution in [0.2, 0.25) is 0 Å². The molecular weight excluding hydrogens is 338 g/mol. The Morgan fingerprint density at radius 3 is 2.19 bits per heavy atom. The number of nitrogens with one attached hydrogen (secondary N) is 1. The van der Waals surface area contributed by atoms with Crippen LogP contribution in [0.3, 0.4) is 0 Å². The van der Waals surface area contributed by atoms with Gasteiger partial charge in [-0.25, -0.2) is 4.79 Å². The summed E-state index contributed by atoms with van der Waals surface area (Å²) >= 11 is 0. The molecule has 0 aliphatic carbocycles. The van der Waals surface area contributed by atoms with Gasteiger partial charge in [0.1, 0.15) is 11.3 Å². The van der Waals surface area contributed by atoms with Crippen molar-refractivity contribution in [2.24, 2.45) is 0 Å². The number of rotatable bonds is 3. The molecule has 0 unspecified atom stereocenters. The molecule has 2 N–H and O–H groups in total. The van der Waals surface area contributed by atoms with Crippen LogP contribution in [-0.4, -0.2) is 25.2 Å². The van der Waals surface area contributed by atoms with Crippen molar-refractivity contribution in [1.29, 1.82) is 0 Å². The van der Waals surface area contributed by atoms with Gasteiger partial charge in [0.05, 0.1) is 7.11 Å². The van der Waals surface area contributed by atoms with E-state index in [9.17, 15) is 9.90 Å². The lowest BCUT2D eigenvalue weighted by molar-refractivity contribution is 0.0598. The van der Waals surface area contributed by atoms with Gasteiger partial charge in [-0.1, -0.05) is 54.6 Å². The number of methoxy groups -OCH3 is 1. The maximum Gasteiger partial charge on any atom is 0.341 e. The fourth-order valence-electron chi connectivity index (χ4n) is 3.60. The van der Waals surface area contributed by atoms with Crippen LogP contribution in [0.4, 0.5) is 5.69 Å². The van der Waals surface area contributed by atoms with Crippen LogP contribution in [-0.2, 0) is 4.74 Å². The van der Waals surface area contributed by atoms with E-state index in [0.717, 1.165) is 32.8 Å². The third-order valence-corrected chi connectivity index (χ3v) is 4.88. The minimum Gasteiger partial charge on any atom is -0.506 e. The lowest BCUT2D eigenvalue weighted by Gasteiger charge is -2.18. The second-order valence-electron chi connectivity index (χ2n) is 6.32. The Hall–Kier alpha value is -3.53. The molecule has 0 amide bonds. The number of hydrogen-bond acceptors (Lipinski definition) is 4. The smallest absolute Gasteiger partial charge is 0.341 e. The summed E-state index contributed by atoms with van der Waals surface area (Å²) in [6, 6.07) is 21.4. The van der Waals surface area contributed by atoms with E-state index in [0.29, 0.717) is 5.56 Å². The quantitative estimate of drug-likeness (QED) is 0.495. The van der Waals surface area contributed by atoms with Crippen LogP contribution in [0.25, 0.3) is 32.7 Å². The van der Waals surface area contributed by atoms with Crippen molar-refractivity contribution >= 4 is 33.2 Å². The molecule has 0 atom stereocenters. The molecule has 4 rings (SSSR count). The highest BCUT2D eigenvalue weighted by atomic mass is 16.5. The lowest BCUT2D eigenvalue weighted by Crippen LogP contribution is -2.03. The summed E-state index contributed by atoms with van der Waals surface area (Å²) in [4.78, 5) is 12.3. The van der Waals surface area contributed by atoms with Crippen LogP contribution < -0.4 is 5.32 Å². The maximum absolute atomic E-state index is 12.3. The van der Waals surface area contributed by atoms with Gasteiger partial charge in [0.15, 0.2) is 0 Å². The fourth-order valence-corrected chi connectivity index (χ4v) is 3.60. The molecule has 0 radical (unpaired) electrons. The van der Waals surface area contributed by atoms with Crippen molar-refractivity contribution in [2.45, 2.75) is 0 Å². The summed E-state index contributed by atoms with van der Waals surface area (Å²) < 4.78 is 4.89. The minimum atomic E-state index is -0.564. The molecule has 134 valence electrons. The first-order valence-corrected chi connectivity index (χ1v) is 8.68. The number of phenolic OH excluding ortho intramolecular Hbond substituents is 1. The van der Waals surface area contributed by atoms with Crippen molar-refractivity contribution in [3.8, 4) is 16.9 Å². The number of esters is 1. The second-order valence-corrected chi connectivity index (χ2v) is 6.32. The molecule has 0 spiro atoms. The predicted octanol–water partition coefficient (Wildman–Crippen LogP) is 5.19. The highest BCUT2D eigenvalue weighted by molar-refractivity contribution is 6.14. The second kappa shape index (κ2) is 6.65. The number of phenols is 1. The third-order valence-electron chi connectivity index (χ3n) is 4.88. The average Bonchev–Trinajstić information content (AvgIpc) is 2.72. The molecule has 0 aliphatic heterocycles.